The van der Waals surface area contributed by atoms with Gasteiger partial charge < -0.3 is 30.2 Å². The molecule has 4 atom stereocenters. The van der Waals surface area contributed by atoms with E-state index >= 15 is 0 Å². The smallest absolute Gasteiger partial charge is 0.408 e. The topological polar surface area (TPSA) is 137 Å². The van der Waals surface area contributed by atoms with Gasteiger partial charge in [-0.15, -0.1) is 0 Å². The number of amides is 4. The summed E-state index contributed by atoms with van der Waals surface area (Å²) in [6.07, 6.45) is 4.69. The van der Waals surface area contributed by atoms with Gasteiger partial charge in [-0.25, -0.2) is 9.78 Å². The quantitative estimate of drug-likeness (QED) is 0.166. The second-order valence-electron chi connectivity index (χ2n) is 15.2. The van der Waals surface area contributed by atoms with Gasteiger partial charge in [0, 0.05) is 25.2 Å². The van der Waals surface area contributed by atoms with E-state index in [1.165, 1.54) is 0 Å². The van der Waals surface area contributed by atoms with Gasteiger partial charge in [0.15, 0.2) is 0 Å². The summed E-state index contributed by atoms with van der Waals surface area (Å²) in [5, 5.41) is 5.83. The van der Waals surface area contributed by atoms with Crippen LogP contribution in [-0.2, 0) is 25.5 Å². The molecule has 0 bridgehead atoms. The van der Waals surface area contributed by atoms with E-state index < -0.39 is 23.8 Å². The summed E-state index contributed by atoms with van der Waals surface area (Å²) < 4.78 is 5.48. The third-order valence-corrected chi connectivity index (χ3v) is 10.0. The number of aromatic amines is 1. The molecule has 3 N–H and O–H groups in total. The van der Waals surface area contributed by atoms with E-state index in [-0.39, 0.29) is 29.7 Å². The van der Waals surface area contributed by atoms with Gasteiger partial charge in [-0.3, -0.25) is 14.4 Å². The van der Waals surface area contributed by atoms with Gasteiger partial charge >= 0.3 is 6.09 Å². The lowest BCUT2D eigenvalue weighted by molar-refractivity contribution is -0.139. The minimum atomic E-state index is -0.910. The Labute approximate surface area is 323 Å². The van der Waals surface area contributed by atoms with Crippen LogP contribution >= 0.6 is 0 Å². The van der Waals surface area contributed by atoms with Crippen molar-refractivity contribution in [1.29, 1.82) is 0 Å². The van der Waals surface area contributed by atoms with E-state index in [9.17, 15) is 19.2 Å². The van der Waals surface area contributed by atoms with Gasteiger partial charge in [0.2, 0.25) is 11.8 Å². The van der Waals surface area contributed by atoms with Crippen molar-refractivity contribution in [1.82, 2.24) is 30.4 Å². The Hall–Kier alpha value is -5.89. The van der Waals surface area contributed by atoms with Crippen LogP contribution in [0.15, 0.2) is 91.1 Å². The number of H-pyrrole nitrogens is 1. The number of alkyl carbamates (subject to hydrolysis) is 1. The normalized spacial score (nSPS) is 17.8. The molecule has 0 unspecified atom stereocenters. The number of ether oxygens (including phenoxy) is 1. The van der Waals surface area contributed by atoms with Crippen molar-refractivity contribution in [2.45, 2.75) is 89.4 Å². The van der Waals surface area contributed by atoms with Crippen LogP contribution in [-0.4, -0.2) is 74.9 Å². The van der Waals surface area contributed by atoms with Gasteiger partial charge in [-0.2, -0.15) is 0 Å². The summed E-state index contributed by atoms with van der Waals surface area (Å²) in [7, 11) is 0. The second kappa shape index (κ2) is 17.5. The molecule has 0 aliphatic carbocycles. The summed E-state index contributed by atoms with van der Waals surface area (Å²) >= 11 is 0. The van der Waals surface area contributed by atoms with E-state index in [4.69, 9.17) is 4.74 Å². The molecule has 0 spiro atoms. The first-order valence-corrected chi connectivity index (χ1v) is 19.1. The number of carbonyl (C=O) groups is 4. The number of nitrogens with one attached hydrogen (secondary N) is 3. The number of imidazole rings is 1. The molecule has 2 aliphatic rings. The SMILES string of the molecule is C[C@@H](C(=O)N1CCC[C@H]1C(=O)NCCc1ccc(C#Cc2cnc([C@@H]3CCCN3C(=O)[C@H](NC(=O)OC(C)(C)C)c3ccccc3)[nH]2)cc1)c1ccccc1. The summed E-state index contributed by atoms with van der Waals surface area (Å²) in [5.41, 5.74) is 3.44. The molecule has 4 aromatic rings. The zero-order valence-corrected chi connectivity index (χ0v) is 32.0. The van der Waals surface area contributed by atoms with Crippen molar-refractivity contribution < 1.29 is 23.9 Å². The summed E-state index contributed by atoms with van der Waals surface area (Å²) in [5.74, 6) is 6.34. The Morgan fingerprint density at radius 3 is 2.20 bits per heavy atom. The zero-order valence-electron chi connectivity index (χ0n) is 32.0. The second-order valence-corrected chi connectivity index (χ2v) is 15.2. The predicted octanol–water partition coefficient (Wildman–Crippen LogP) is 6.19. The number of hydrogen-bond acceptors (Lipinski definition) is 6. The number of aromatic nitrogens is 2. The number of rotatable bonds is 10. The van der Waals surface area contributed by atoms with E-state index in [1.54, 1.807) is 36.8 Å². The Kier molecular flexibility index (Phi) is 12.4. The Morgan fingerprint density at radius 1 is 0.855 bits per heavy atom. The summed E-state index contributed by atoms with van der Waals surface area (Å²) in [4.78, 5) is 64.5. The fourth-order valence-corrected chi connectivity index (χ4v) is 7.19. The Morgan fingerprint density at radius 2 is 1.51 bits per heavy atom. The molecular formula is C44H50N6O5. The molecule has 2 aliphatic heterocycles. The van der Waals surface area contributed by atoms with Gasteiger partial charge in [-0.1, -0.05) is 78.7 Å². The third-order valence-electron chi connectivity index (χ3n) is 10.0. The summed E-state index contributed by atoms with van der Waals surface area (Å²) in [6, 6.07) is 25.1. The molecule has 0 saturated carbocycles. The summed E-state index contributed by atoms with van der Waals surface area (Å²) in [6.45, 7) is 8.85. The number of benzene rings is 3. The van der Waals surface area contributed by atoms with Crippen LogP contribution in [0.4, 0.5) is 4.79 Å². The van der Waals surface area contributed by atoms with E-state index in [0.29, 0.717) is 49.6 Å². The minimum absolute atomic E-state index is 0.0100. The monoisotopic (exact) mass is 742 g/mol. The van der Waals surface area contributed by atoms with Crippen LogP contribution < -0.4 is 10.6 Å². The van der Waals surface area contributed by atoms with Gasteiger partial charge in [0.1, 0.15) is 29.2 Å². The lowest BCUT2D eigenvalue weighted by Crippen LogP contribution is -2.47. The number of likely N-dealkylation sites (tertiary alicyclic amines) is 2. The van der Waals surface area contributed by atoms with Crippen molar-refractivity contribution in [3.05, 3.63) is 125 Å². The fourth-order valence-electron chi connectivity index (χ4n) is 7.19. The highest BCUT2D eigenvalue weighted by atomic mass is 16.6. The predicted molar refractivity (Wildman–Crippen MR) is 210 cm³/mol. The van der Waals surface area contributed by atoms with Gasteiger partial charge in [0.05, 0.1) is 18.2 Å². The highest BCUT2D eigenvalue weighted by Gasteiger charge is 2.38. The fraction of sp³-hybridized carbons (Fsp3) is 0.386. The van der Waals surface area contributed by atoms with Crippen LogP contribution in [0.2, 0.25) is 0 Å². The molecule has 11 nitrogen and oxygen atoms in total. The van der Waals surface area contributed by atoms with Crippen molar-refractivity contribution in [2.75, 3.05) is 19.6 Å². The van der Waals surface area contributed by atoms with Crippen molar-refractivity contribution >= 4 is 23.8 Å². The average molecular weight is 743 g/mol. The first-order valence-electron chi connectivity index (χ1n) is 19.1. The standard InChI is InChI=1S/C44H50N6O5/c1-30(33-13-7-5-8-14-33)41(52)50-28-12-18-37(50)40(51)45-26-25-32-21-19-31(20-22-32)23-24-35-29-46-39(47-35)36-17-11-27-49(36)42(53)38(34-15-9-6-10-16-34)48-43(54)55-44(2,3)4/h5-10,13-16,19-22,29-30,36-38H,11-12,17-18,25-28H2,1-4H3,(H,45,51)(H,46,47)(H,48,54)/t30-,36+,37+,38-/m1/s1. The molecule has 3 heterocycles. The molecule has 3 aromatic carbocycles. The van der Waals surface area contributed by atoms with Gasteiger partial charge in [-0.05, 0) is 94.5 Å². The first-order chi connectivity index (χ1) is 26.5. The molecule has 1 aromatic heterocycles. The average Bonchev–Trinajstić information content (AvgIpc) is 3.97. The lowest BCUT2D eigenvalue weighted by Gasteiger charge is -2.29. The van der Waals surface area contributed by atoms with Crippen LogP contribution in [0.25, 0.3) is 0 Å². The number of hydrogen-bond donors (Lipinski definition) is 3. The van der Waals surface area contributed by atoms with Crippen LogP contribution in [0.3, 0.4) is 0 Å². The molecule has 55 heavy (non-hydrogen) atoms. The molecule has 2 fully saturated rings. The maximum atomic E-state index is 14.0. The molecule has 286 valence electrons. The molecule has 6 rings (SSSR count). The molecule has 0 radical (unpaired) electrons. The molecule has 2 saturated heterocycles. The Balaban J connectivity index is 1.02. The zero-order chi connectivity index (χ0) is 39.0. The first kappa shape index (κ1) is 38.8. The van der Waals surface area contributed by atoms with Crippen LogP contribution in [0.1, 0.15) is 105 Å². The largest absolute Gasteiger partial charge is 0.444 e. The maximum absolute atomic E-state index is 14.0. The maximum Gasteiger partial charge on any atom is 0.408 e. The van der Waals surface area contributed by atoms with Crippen molar-refractivity contribution in [2.24, 2.45) is 0 Å². The number of nitrogens with zero attached hydrogens (tertiary/aromatic N) is 3. The van der Waals surface area contributed by atoms with Crippen molar-refractivity contribution in [3.8, 4) is 11.8 Å². The van der Waals surface area contributed by atoms with Crippen LogP contribution in [0, 0.1) is 11.8 Å². The minimum Gasteiger partial charge on any atom is -0.444 e. The third kappa shape index (κ3) is 10.0. The highest BCUT2D eigenvalue weighted by Crippen LogP contribution is 2.33. The molecule has 4 amide bonds. The lowest BCUT2D eigenvalue weighted by atomic mass is 9.99. The highest BCUT2D eigenvalue weighted by molar-refractivity contribution is 5.91. The van der Waals surface area contributed by atoms with E-state index in [2.05, 4.69) is 32.4 Å². The Bertz CT molecular complexity index is 2010. The van der Waals surface area contributed by atoms with E-state index in [1.807, 2.05) is 91.9 Å². The van der Waals surface area contributed by atoms with Gasteiger partial charge in [0.25, 0.3) is 5.91 Å². The van der Waals surface area contributed by atoms with Crippen LogP contribution in [0.5, 0.6) is 0 Å². The molecule has 11 heteroatoms. The van der Waals surface area contributed by atoms with Crippen molar-refractivity contribution in [3.63, 3.8) is 0 Å². The van der Waals surface area contributed by atoms with E-state index in [0.717, 1.165) is 36.0 Å². The molecular weight excluding hydrogens is 693 g/mol. The number of carbonyl (C=O) groups excluding carboxylic acids is 4.